The van der Waals surface area contributed by atoms with E-state index in [-0.39, 0.29) is 21.8 Å². The molecule has 0 aliphatic heterocycles. The van der Waals surface area contributed by atoms with E-state index in [0.717, 1.165) is 35.9 Å². The number of methoxy groups -OCH3 is 1. The number of halogens is 2. The lowest BCUT2D eigenvalue weighted by Gasteiger charge is -2.13. The van der Waals surface area contributed by atoms with E-state index in [1.807, 2.05) is 0 Å². The highest BCUT2D eigenvalue weighted by atomic mass is 32.2. The molecule has 0 bridgehead atoms. The van der Waals surface area contributed by atoms with Gasteiger partial charge in [0.05, 0.1) is 23.4 Å². The Labute approximate surface area is 172 Å². The molecule has 1 amide bonds. The molecular formula is C21H18F2N2O4S. The molecule has 0 saturated heterocycles. The van der Waals surface area contributed by atoms with Crippen molar-refractivity contribution in [3.8, 4) is 5.75 Å². The average Bonchev–Trinajstić information content (AvgIpc) is 2.69. The second-order valence-electron chi connectivity index (χ2n) is 6.41. The van der Waals surface area contributed by atoms with Crippen LogP contribution < -0.4 is 14.8 Å². The van der Waals surface area contributed by atoms with Crippen LogP contribution >= 0.6 is 0 Å². The van der Waals surface area contributed by atoms with Gasteiger partial charge in [0.15, 0.2) is 0 Å². The molecule has 0 aliphatic rings. The summed E-state index contributed by atoms with van der Waals surface area (Å²) < 4.78 is 60.3. The van der Waals surface area contributed by atoms with Crippen molar-refractivity contribution < 1.29 is 26.7 Å². The van der Waals surface area contributed by atoms with Gasteiger partial charge in [0.2, 0.25) is 0 Å². The summed E-state index contributed by atoms with van der Waals surface area (Å²) in [6.45, 7) is 1.79. The molecule has 2 N–H and O–H groups in total. The fourth-order valence-corrected chi connectivity index (χ4v) is 3.74. The first-order valence-electron chi connectivity index (χ1n) is 8.73. The Bertz CT molecular complexity index is 1200. The van der Waals surface area contributed by atoms with Crippen molar-refractivity contribution in [1.82, 2.24) is 0 Å². The second kappa shape index (κ2) is 8.50. The first-order chi connectivity index (χ1) is 14.2. The lowest BCUT2D eigenvalue weighted by molar-refractivity contribution is 0.102. The van der Waals surface area contributed by atoms with Crippen LogP contribution in [-0.4, -0.2) is 21.4 Å². The Morgan fingerprint density at radius 3 is 2.27 bits per heavy atom. The van der Waals surface area contributed by atoms with Gasteiger partial charge in [-0.2, -0.15) is 0 Å². The molecule has 3 rings (SSSR count). The predicted molar refractivity (Wildman–Crippen MR) is 109 cm³/mol. The molecule has 0 saturated carbocycles. The van der Waals surface area contributed by atoms with Crippen LogP contribution in [0.3, 0.4) is 0 Å². The highest BCUT2D eigenvalue weighted by molar-refractivity contribution is 7.92. The molecule has 30 heavy (non-hydrogen) atoms. The molecule has 3 aromatic carbocycles. The molecule has 0 atom stereocenters. The summed E-state index contributed by atoms with van der Waals surface area (Å²) in [6.07, 6.45) is 0. The van der Waals surface area contributed by atoms with Gasteiger partial charge in [0.1, 0.15) is 17.4 Å². The fourth-order valence-electron chi connectivity index (χ4n) is 2.67. The zero-order valence-corrected chi connectivity index (χ0v) is 16.9. The first-order valence-corrected chi connectivity index (χ1v) is 10.2. The van der Waals surface area contributed by atoms with Gasteiger partial charge in [-0.3, -0.25) is 9.52 Å². The van der Waals surface area contributed by atoms with Gasteiger partial charge in [0, 0.05) is 5.56 Å². The monoisotopic (exact) mass is 432 g/mol. The maximum atomic E-state index is 14.5. The predicted octanol–water partition coefficient (Wildman–Crippen LogP) is 4.33. The summed E-state index contributed by atoms with van der Waals surface area (Å²) in [6, 6.07) is 12.8. The molecule has 0 aliphatic carbocycles. The molecule has 0 fully saturated rings. The van der Waals surface area contributed by atoms with Gasteiger partial charge < -0.3 is 10.1 Å². The zero-order chi connectivity index (χ0) is 21.9. The summed E-state index contributed by atoms with van der Waals surface area (Å²) in [7, 11) is -2.71. The van der Waals surface area contributed by atoms with Crippen molar-refractivity contribution in [3.63, 3.8) is 0 Å². The molecule has 0 aromatic heterocycles. The average molecular weight is 432 g/mol. The van der Waals surface area contributed by atoms with E-state index in [4.69, 9.17) is 4.74 Å². The summed E-state index contributed by atoms with van der Waals surface area (Å²) in [5.74, 6) is -1.80. The van der Waals surface area contributed by atoms with Gasteiger partial charge >= 0.3 is 0 Å². The number of carbonyl (C=O) groups is 1. The van der Waals surface area contributed by atoms with Crippen molar-refractivity contribution in [3.05, 3.63) is 83.4 Å². The summed E-state index contributed by atoms with van der Waals surface area (Å²) in [5.41, 5.74) is 0.933. The topological polar surface area (TPSA) is 84.5 Å². The summed E-state index contributed by atoms with van der Waals surface area (Å²) in [4.78, 5) is 11.8. The van der Waals surface area contributed by atoms with E-state index in [1.54, 1.807) is 25.1 Å². The largest absolute Gasteiger partial charge is 0.495 e. The Hall–Kier alpha value is -3.46. The number of sulfonamides is 1. The van der Waals surface area contributed by atoms with Crippen LogP contribution in [0.15, 0.2) is 65.6 Å². The Kier molecular flexibility index (Phi) is 6.02. The Morgan fingerprint density at radius 2 is 1.63 bits per heavy atom. The van der Waals surface area contributed by atoms with E-state index in [1.165, 1.54) is 19.2 Å². The van der Waals surface area contributed by atoms with Gasteiger partial charge in [-0.1, -0.05) is 6.07 Å². The number of carbonyl (C=O) groups excluding carboxylic acids is 1. The first kappa shape index (κ1) is 21.3. The number of benzene rings is 3. The number of rotatable bonds is 6. The number of hydrogen-bond acceptors (Lipinski definition) is 4. The Morgan fingerprint density at radius 1 is 0.933 bits per heavy atom. The third-order valence-electron chi connectivity index (χ3n) is 4.20. The molecule has 9 heteroatoms. The van der Waals surface area contributed by atoms with E-state index in [9.17, 15) is 22.0 Å². The quantitative estimate of drug-likeness (QED) is 0.607. The minimum absolute atomic E-state index is 0.126. The lowest BCUT2D eigenvalue weighted by atomic mass is 10.2. The van der Waals surface area contributed by atoms with Crippen LogP contribution in [0.1, 0.15) is 15.9 Å². The number of nitrogens with one attached hydrogen (secondary N) is 2. The minimum atomic E-state index is -4.11. The normalized spacial score (nSPS) is 11.1. The van der Waals surface area contributed by atoms with Crippen molar-refractivity contribution in [2.75, 3.05) is 17.1 Å². The standard InChI is InChI=1S/C21H18F2N2O4S/c1-13-3-10-20(29-2)19(11-13)25-30(27,28)16-8-9-18(17(23)12-16)24-21(26)14-4-6-15(22)7-5-14/h3-12,25H,1-2H3,(H,24,26). The molecule has 0 spiro atoms. The SMILES string of the molecule is COc1ccc(C)cc1NS(=O)(=O)c1ccc(NC(=O)c2ccc(F)cc2)c(F)c1. The summed E-state index contributed by atoms with van der Waals surface area (Å²) in [5, 5.41) is 2.33. The number of amides is 1. The van der Waals surface area contributed by atoms with Crippen molar-refractivity contribution in [2.24, 2.45) is 0 Å². The highest BCUT2D eigenvalue weighted by Crippen LogP contribution is 2.28. The van der Waals surface area contributed by atoms with Crippen LogP contribution in [0.2, 0.25) is 0 Å². The van der Waals surface area contributed by atoms with E-state index < -0.39 is 27.6 Å². The van der Waals surface area contributed by atoms with Gasteiger partial charge in [-0.15, -0.1) is 0 Å². The third kappa shape index (κ3) is 4.74. The molecule has 0 unspecified atom stereocenters. The molecule has 156 valence electrons. The number of ether oxygens (including phenoxy) is 1. The third-order valence-corrected chi connectivity index (χ3v) is 5.57. The Balaban J connectivity index is 1.82. The highest BCUT2D eigenvalue weighted by Gasteiger charge is 2.19. The van der Waals surface area contributed by atoms with Gasteiger partial charge in [-0.05, 0) is 67.1 Å². The molecule has 3 aromatic rings. The van der Waals surface area contributed by atoms with Crippen LogP contribution in [-0.2, 0) is 10.0 Å². The second-order valence-corrected chi connectivity index (χ2v) is 8.09. The smallest absolute Gasteiger partial charge is 0.262 e. The summed E-state index contributed by atoms with van der Waals surface area (Å²) >= 11 is 0. The van der Waals surface area contributed by atoms with Crippen molar-refractivity contribution >= 4 is 27.3 Å². The van der Waals surface area contributed by atoms with Crippen LogP contribution in [0.25, 0.3) is 0 Å². The van der Waals surface area contributed by atoms with E-state index >= 15 is 0 Å². The van der Waals surface area contributed by atoms with Crippen LogP contribution in [0.5, 0.6) is 5.75 Å². The molecule has 0 heterocycles. The maximum Gasteiger partial charge on any atom is 0.262 e. The van der Waals surface area contributed by atoms with E-state index in [2.05, 4.69) is 10.0 Å². The van der Waals surface area contributed by atoms with Crippen molar-refractivity contribution in [1.29, 1.82) is 0 Å². The van der Waals surface area contributed by atoms with Gasteiger partial charge in [0.25, 0.3) is 15.9 Å². The number of aryl methyl sites for hydroxylation is 1. The minimum Gasteiger partial charge on any atom is -0.495 e. The lowest BCUT2D eigenvalue weighted by Crippen LogP contribution is -2.16. The molecular weight excluding hydrogens is 414 g/mol. The van der Waals surface area contributed by atoms with Crippen LogP contribution in [0.4, 0.5) is 20.2 Å². The van der Waals surface area contributed by atoms with Crippen LogP contribution in [0, 0.1) is 18.6 Å². The maximum absolute atomic E-state index is 14.5. The van der Waals surface area contributed by atoms with E-state index in [0.29, 0.717) is 5.75 Å². The fraction of sp³-hybridized carbons (Fsp3) is 0.0952. The number of anilines is 2. The van der Waals surface area contributed by atoms with Gasteiger partial charge in [-0.25, -0.2) is 17.2 Å². The zero-order valence-electron chi connectivity index (χ0n) is 16.1. The molecule has 0 radical (unpaired) electrons. The number of hydrogen-bond donors (Lipinski definition) is 2. The molecule has 6 nitrogen and oxygen atoms in total. The van der Waals surface area contributed by atoms with Crippen molar-refractivity contribution in [2.45, 2.75) is 11.8 Å².